The molecule has 1 N–H and O–H groups in total. The maximum atomic E-state index is 14.5. The number of anilines is 3. The van der Waals surface area contributed by atoms with E-state index in [1.165, 1.54) is 17.1 Å². The van der Waals surface area contributed by atoms with Gasteiger partial charge in [-0.2, -0.15) is 0 Å². The summed E-state index contributed by atoms with van der Waals surface area (Å²) in [6.07, 6.45) is 6.81. The number of hydrogen-bond acceptors (Lipinski definition) is 11. The van der Waals surface area contributed by atoms with Gasteiger partial charge in [0.05, 0.1) is 32.6 Å². The second-order valence-corrected chi connectivity index (χ2v) is 10.8. The molecule has 4 heterocycles. The van der Waals surface area contributed by atoms with Crippen molar-refractivity contribution in [3.8, 4) is 22.6 Å². The predicted octanol–water partition coefficient (Wildman–Crippen LogP) is 3.79. The Labute approximate surface area is 249 Å². The van der Waals surface area contributed by atoms with E-state index in [2.05, 4.69) is 52.7 Å². The molecule has 43 heavy (non-hydrogen) atoms. The fraction of sp³-hybridized carbons (Fsp3) is 0.433. The number of nitrogens with one attached hydrogen (secondary N) is 1. The van der Waals surface area contributed by atoms with Crippen LogP contribution in [-0.4, -0.2) is 93.7 Å². The van der Waals surface area contributed by atoms with Crippen molar-refractivity contribution in [1.29, 1.82) is 0 Å². The standard InChI is InChI=1S/C30H36FN9O3/c1-21(19-40-20-34-36-37-40)43-28-15-22(3-5-26(28)31)23-17-32-30(33-18-23)35-27-6-4-25(16-29(27)41-2)38-9-7-24(8-10-38)39-11-13-42-14-12-39/h3-6,15-18,20-21,24H,7-14,19H2,1-2H3,(H,32,33,35). The highest BCUT2D eigenvalue weighted by Gasteiger charge is 2.26. The van der Waals surface area contributed by atoms with Crippen LogP contribution < -0.4 is 19.7 Å². The molecule has 0 saturated carbocycles. The van der Waals surface area contributed by atoms with Crippen molar-refractivity contribution >= 4 is 17.3 Å². The fourth-order valence-electron chi connectivity index (χ4n) is 5.63. The summed E-state index contributed by atoms with van der Waals surface area (Å²) in [5, 5.41) is 14.3. The SMILES string of the molecule is COc1cc(N2CCC(N3CCOCC3)CC2)ccc1Nc1ncc(-c2ccc(F)c(OC(C)Cn3cnnn3)c2)cn1. The summed E-state index contributed by atoms with van der Waals surface area (Å²) >= 11 is 0. The average molecular weight is 590 g/mol. The first-order valence-electron chi connectivity index (χ1n) is 14.6. The van der Waals surface area contributed by atoms with E-state index in [4.69, 9.17) is 14.2 Å². The van der Waals surface area contributed by atoms with Gasteiger partial charge in [-0.1, -0.05) is 6.07 Å². The quantitative estimate of drug-likeness (QED) is 0.291. The number of tetrazole rings is 1. The lowest BCUT2D eigenvalue weighted by molar-refractivity contribution is 0.0115. The molecule has 4 aromatic rings. The predicted molar refractivity (Wildman–Crippen MR) is 159 cm³/mol. The first-order valence-corrected chi connectivity index (χ1v) is 14.6. The van der Waals surface area contributed by atoms with Crippen LogP contribution in [0.2, 0.25) is 0 Å². The Balaban J connectivity index is 1.08. The molecule has 12 nitrogen and oxygen atoms in total. The van der Waals surface area contributed by atoms with Gasteiger partial charge in [-0.3, -0.25) is 4.90 Å². The largest absolute Gasteiger partial charge is 0.494 e. The van der Waals surface area contributed by atoms with Crippen LogP contribution in [0.5, 0.6) is 11.5 Å². The molecule has 0 spiro atoms. The van der Waals surface area contributed by atoms with Crippen molar-refractivity contribution in [2.24, 2.45) is 0 Å². The van der Waals surface area contributed by atoms with E-state index in [1.807, 2.05) is 13.0 Å². The molecule has 2 saturated heterocycles. The van der Waals surface area contributed by atoms with E-state index in [0.717, 1.165) is 80.5 Å². The summed E-state index contributed by atoms with van der Waals surface area (Å²) in [6, 6.07) is 11.5. The molecule has 0 radical (unpaired) electrons. The highest BCUT2D eigenvalue weighted by molar-refractivity contribution is 5.69. The van der Waals surface area contributed by atoms with Crippen LogP contribution >= 0.6 is 0 Å². The molecule has 226 valence electrons. The monoisotopic (exact) mass is 589 g/mol. The van der Waals surface area contributed by atoms with E-state index in [9.17, 15) is 4.39 Å². The second-order valence-electron chi connectivity index (χ2n) is 10.8. The summed E-state index contributed by atoms with van der Waals surface area (Å²) in [4.78, 5) is 14.0. The van der Waals surface area contributed by atoms with E-state index in [0.29, 0.717) is 18.5 Å². The van der Waals surface area contributed by atoms with Crippen LogP contribution in [0.4, 0.5) is 21.7 Å². The summed E-state index contributed by atoms with van der Waals surface area (Å²) in [5.74, 6) is 0.824. The molecule has 1 atom stereocenters. The number of aromatic nitrogens is 6. The minimum Gasteiger partial charge on any atom is -0.494 e. The van der Waals surface area contributed by atoms with Crippen molar-refractivity contribution in [3.05, 3.63) is 60.9 Å². The van der Waals surface area contributed by atoms with Crippen LogP contribution in [-0.2, 0) is 11.3 Å². The molecule has 13 heteroatoms. The lowest BCUT2D eigenvalue weighted by atomic mass is 10.0. The number of benzene rings is 2. The summed E-state index contributed by atoms with van der Waals surface area (Å²) < 4.78 is 33.1. The van der Waals surface area contributed by atoms with Gasteiger partial charge in [-0.25, -0.2) is 19.0 Å². The van der Waals surface area contributed by atoms with Crippen LogP contribution in [0, 0.1) is 5.82 Å². The summed E-state index contributed by atoms with van der Waals surface area (Å²) in [5.41, 5.74) is 3.38. The zero-order valence-electron chi connectivity index (χ0n) is 24.4. The zero-order valence-corrected chi connectivity index (χ0v) is 24.4. The molecule has 2 aliphatic rings. The molecule has 0 amide bonds. The van der Waals surface area contributed by atoms with E-state index in [1.54, 1.807) is 31.6 Å². The Morgan fingerprint density at radius 1 is 1.00 bits per heavy atom. The Hall–Kier alpha value is -4.36. The van der Waals surface area contributed by atoms with Gasteiger partial charge >= 0.3 is 0 Å². The molecule has 2 fully saturated rings. The lowest BCUT2D eigenvalue weighted by Gasteiger charge is -2.40. The van der Waals surface area contributed by atoms with Crippen LogP contribution in [0.15, 0.2) is 55.1 Å². The molecule has 2 aromatic heterocycles. The van der Waals surface area contributed by atoms with Crippen molar-refractivity contribution < 1.29 is 18.6 Å². The van der Waals surface area contributed by atoms with Crippen LogP contribution in [0.1, 0.15) is 19.8 Å². The maximum Gasteiger partial charge on any atom is 0.227 e. The van der Waals surface area contributed by atoms with Gasteiger partial charge in [-0.05, 0) is 60.0 Å². The number of ether oxygens (including phenoxy) is 3. The number of methoxy groups -OCH3 is 1. The van der Waals surface area contributed by atoms with Crippen LogP contribution in [0.3, 0.4) is 0 Å². The molecule has 2 aromatic carbocycles. The van der Waals surface area contributed by atoms with Crippen molar-refractivity contribution in [1.82, 2.24) is 35.1 Å². The number of piperidine rings is 1. The topological polar surface area (TPSA) is 116 Å². The van der Waals surface area contributed by atoms with Gasteiger partial charge in [0.15, 0.2) is 11.6 Å². The van der Waals surface area contributed by atoms with Crippen molar-refractivity contribution in [2.75, 3.05) is 56.7 Å². The lowest BCUT2D eigenvalue weighted by Crippen LogP contribution is -2.49. The molecule has 6 rings (SSSR count). The Kier molecular flexibility index (Phi) is 8.89. The zero-order chi connectivity index (χ0) is 29.6. The Morgan fingerprint density at radius 2 is 1.79 bits per heavy atom. The van der Waals surface area contributed by atoms with Crippen molar-refractivity contribution in [2.45, 2.75) is 38.5 Å². The van der Waals surface area contributed by atoms with Gasteiger partial charge in [0, 0.05) is 61.9 Å². The number of rotatable bonds is 10. The normalized spacial score (nSPS) is 17.0. The molecule has 0 bridgehead atoms. The highest BCUT2D eigenvalue weighted by atomic mass is 19.1. The third-order valence-corrected chi connectivity index (χ3v) is 7.90. The molecule has 2 aliphatic heterocycles. The Bertz CT molecular complexity index is 1470. The molecule has 1 unspecified atom stereocenters. The van der Waals surface area contributed by atoms with Gasteiger partial charge < -0.3 is 24.4 Å². The highest BCUT2D eigenvalue weighted by Crippen LogP contribution is 2.33. The van der Waals surface area contributed by atoms with Gasteiger partial charge in [0.25, 0.3) is 0 Å². The van der Waals surface area contributed by atoms with E-state index < -0.39 is 5.82 Å². The number of hydrogen-bond donors (Lipinski definition) is 1. The average Bonchev–Trinajstić information content (AvgIpc) is 3.56. The number of morpholine rings is 1. The summed E-state index contributed by atoms with van der Waals surface area (Å²) in [6.45, 7) is 7.97. The van der Waals surface area contributed by atoms with E-state index >= 15 is 0 Å². The minimum absolute atomic E-state index is 0.135. The number of halogens is 1. The Morgan fingerprint density at radius 3 is 2.51 bits per heavy atom. The third-order valence-electron chi connectivity index (χ3n) is 7.90. The maximum absolute atomic E-state index is 14.5. The third kappa shape index (κ3) is 7.00. The first kappa shape index (κ1) is 28.7. The van der Waals surface area contributed by atoms with Gasteiger partial charge in [0.2, 0.25) is 5.95 Å². The van der Waals surface area contributed by atoms with E-state index in [-0.39, 0.29) is 11.9 Å². The second kappa shape index (κ2) is 13.3. The smallest absolute Gasteiger partial charge is 0.227 e. The summed E-state index contributed by atoms with van der Waals surface area (Å²) in [7, 11) is 1.66. The van der Waals surface area contributed by atoms with Crippen LogP contribution in [0.25, 0.3) is 11.1 Å². The molecule has 0 aliphatic carbocycles. The van der Waals surface area contributed by atoms with Crippen molar-refractivity contribution in [3.63, 3.8) is 0 Å². The number of nitrogens with zero attached hydrogens (tertiary/aromatic N) is 8. The first-order chi connectivity index (χ1) is 21.1. The molecular formula is C30H36FN9O3. The van der Waals surface area contributed by atoms with Gasteiger partial charge in [-0.15, -0.1) is 5.10 Å². The van der Waals surface area contributed by atoms with Gasteiger partial charge in [0.1, 0.15) is 18.2 Å². The molecular weight excluding hydrogens is 553 g/mol. The fourth-order valence-corrected chi connectivity index (χ4v) is 5.63. The minimum atomic E-state index is -0.455.